The normalized spacial score (nSPS) is 18.5. The molecule has 19 heavy (non-hydrogen) atoms. The quantitative estimate of drug-likeness (QED) is 0.466. The predicted molar refractivity (Wildman–Crippen MR) is 65.4 cm³/mol. The van der Waals surface area contributed by atoms with Crippen molar-refractivity contribution in [3.05, 3.63) is 35.4 Å². The fourth-order valence-corrected chi connectivity index (χ4v) is 2.03. The van der Waals surface area contributed by atoms with Crippen LogP contribution in [0.2, 0.25) is 0 Å². The van der Waals surface area contributed by atoms with E-state index in [2.05, 4.69) is 5.32 Å². The molecule has 3 amide bonds. The number of benzene rings is 1. The van der Waals surface area contributed by atoms with Gasteiger partial charge in [-0.25, -0.2) is 0 Å². The number of carbonyl (C=O) groups is 3. The molecule has 0 spiro atoms. The topological polar surface area (TPSA) is 86.7 Å². The number of hydrogen-bond acceptors (Lipinski definition) is 4. The average molecular weight is 262 g/mol. The smallest absolute Gasteiger partial charge is 0.284 e. The lowest BCUT2D eigenvalue weighted by Crippen LogP contribution is -2.48. The number of hydroxylamine groups is 2. The Morgan fingerprint density at radius 3 is 2.58 bits per heavy atom. The van der Waals surface area contributed by atoms with Crippen LogP contribution in [0.1, 0.15) is 35.7 Å². The zero-order valence-corrected chi connectivity index (χ0v) is 10.6. The van der Waals surface area contributed by atoms with Crippen LogP contribution in [0.3, 0.4) is 0 Å². The zero-order valence-electron chi connectivity index (χ0n) is 10.6. The van der Waals surface area contributed by atoms with Gasteiger partial charge in [0.15, 0.2) is 0 Å². The second kappa shape index (κ2) is 4.81. The van der Waals surface area contributed by atoms with Crippen LogP contribution in [0.5, 0.6) is 0 Å². The van der Waals surface area contributed by atoms with E-state index in [9.17, 15) is 19.6 Å². The first-order valence-corrected chi connectivity index (χ1v) is 5.90. The van der Waals surface area contributed by atoms with Gasteiger partial charge in [-0.1, -0.05) is 18.2 Å². The van der Waals surface area contributed by atoms with Crippen LogP contribution in [0.4, 0.5) is 0 Å². The maximum atomic E-state index is 12.1. The molecule has 1 aliphatic rings. The molecule has 1 atom stereocenters. The number of imide groups is 1. The monoisotopic (exact) mass is 262 g/mol. The van der Waals surface area contributed by atoms with Crippen molar-refractivity contribution in [2.75, 3.05) is 0 Å². The van der Waals surface area contributed by atoms with Crippen LogP contribution in [0, 0.1) is 0 Å². The molecule has 2 rings (SSSR count). The highest BCUT2D eigenvalue weighted by atomic mass is 16.5. The summed E-state index contributed by atoms with van der Waals surface area (Å²) in [6, 6.07) is 6.13. The number of fused-ring (bicyclic) bond motifs is 1. The number of amides is 3. The molecule has 0 radical (unpaired) electrons. The standard InChI is InChI=1S/C13H14N2O4/c1-7(2)14-11(16)10-8-5-3-4-6-9(8)12(17)15(19)13(10)18/h3-7,10,19H,1-2H3,(H,14,16). The third kappa shape index (κ3) is 2.22. The minimum atomic E-state index is -1.19. The Labute approximate surface area is 110 Å². The van der Waals surface area contributed by atoms with Crippen LogP contribution >= 0.6 is 0 Å². The van der Waals surface area contributed by atoms with E-state index in [4.69, 9.17) is 0 Å². The Balaban J connectivity index is 2.48. The van der Waals surface area contributed by atoms with Crippen molar-refractivity contribution in [1.82, 2.24) is 10.4 Å². The van der Waals surface area contributed by atoms with Crippen LogP contribution < -0.4 is 5.32 Å². The lowest BCUT2D eigenvalue weighted by Gasteiger charge is -2.28. The molecule has 0 aliphatic carbocycles. The van der Waals surface area contributed by atoms with Crippen LogP contribution in [0.15, 0.2) is 24.3 Å². The molecule has 1 aromatic rings. The van der Waals surface area contributed by atoms with E-state index < -0.39 is 23.6 Å². The molecule has 0 fully saturated rings. The number of carbonyl (C=O) groups excluding carboxylic acids is 3. The van der Waals surface area contributed by atoms with Gasteiger partial charge in [0.25, 0.3) is 11.8 Å². The number of nitrogens with one attached hydrogen (secondary N) is 1. The summed E-state index contributed by atoms with van der Waals surface area (Å²) in [6.07, 6.45) is 0. The van der Waals surface area contributed by atoms with Gasteiger partial charge in [-0.05, 0) is 25.5 Å². The minimum Gasteiger partial charge on any atom is -0.353 e. The summed E-state index contributed by atoms with van der Waals surface area (Å²) < 4.78 is 0. The summed E-state index contributed by atoms with van der Waals surface area (Å²) in [5.74, 6) is -3.46. The minimum absolute atomic E-state index is 0.00685. The van der Waals surface area contributed by atoms with Crippen molar-refractivity contribution < 1.29 is 19.6 Å². The molecule has 0 bridgehead atoms. The predicted octanol–water partition coefficient (Wildman–Crippen LogP) is 0.666. The molecule has 0 saturated carbocycles. The van der Waals surface area contributed by atoms with Crippen LogP contribution in [-0.4, -0.2) is 34.0 Å². The first kappa shape index (κ1) is 13.2. The van der Waals surface area contributed by atoms with Crippen molar-refractivity contribution >= 4 is 17.7 Å². The van der Waals surface area contributed by atoms with Gasteiger partial charge in [0.1, 0.15) is 5.92 Å². The van der Waals surface area contributed by atoms with Crippen LogP contribution in [0.25, 0.3) is 0 Å². The van der Waals surface area contributed by atoms with Gasteiger partial charge in [0.05, 0.1) is 0 Å². The van der Waals surface area contributed by atoms with Gasteiger partial charge in [-0.3, -0.25) is 19.6 Å². The van der Waals surface area contributed by atoms with E-state index in [0.29, 0.717) is 5.56 Å². The molecule has 100 valence electrons. The van der Waals surface area contributed by atoms with Crippen molar-refractivity contribution in [3.63, 3.8) is 0 Å². The molecule has 0 aromatic heterocycles. The second-order valence-electron chi connectivity index (χ2n) is 4.64. The summed E-state index contributed by atoms with van der Waals surface area (Å²) in [5, 5.41) is 12.1. The second-order valence-corrected chi connectivity index (χ2v) is 4.64. The van der Waals surface area contributed by atoms with Crippen molar-refractivity contribution in [2.24, 2.45) is 0 Å². The van der Waals surface area contributed by atoms with Gasteiger partial charge in [0, 0.05) is 11.6 Å². The lowest BCUT2D eigenvalue weighted by molar-refractivity contribution is -0.159. The summed E-state index contributed by atoms with van der Waals surface area (Å²) in [4.78, 5) is 35.7. The van der Waals surface area contributed by atoms with Gasteiger partial charge < -0.3 is 5.32 Å². The molecular formula is C13H14N2O4. The average Bonchev–Trinajstić information content (AvgIpc) is 2.35. The highest BCUT2D eigenvalue weighted by molar-refractivity contribution is 6.18. The molecule has 1 aliphatic heterocycles. The molecule has 0 saturated heterocycles. The fraction of sp³-hybridized carbons (Fsp3) is 0.308. The van der Waals surface area contributed by atoms with Crippen molar-refractivity contribution in [2.45, 2.75) is 25.8 Å². The van der Waals surface area contributed by atoms with E-state index in [1.54, 1.807) is 32.0 Å². The van der Waals surface area contributed by atoms with E-state index in [1.165, 1.54) is 6.07 Å². The highest BCUT2D eigenvalue weighted by Crippen LogP contribution is 2.28. The van der Waals surface area contributed by atoms with Crippen molar-refractivity contribution in [3.8, 4) is 0 Å². The Hall–Kier alpha value is -2.21. The third-order valence-corrected chi connectivity index (χ3v) is 2.84. The fourth-order valence-electron chi connectivity index (χ4n) is 2.03. The molecule has 6 nitrogen and oxygen atoms in total. The maximum Gasteiger partial charge on any atom is 0.284 e. The highest BCUT2D eigenvalue weighted by Gasteiger charge is 2.42. The summed E-state index contributed by atoms with van der Waals surface area (Å²) in [5.41, 5.74) is 0.481. The molecule has 1 aromatic carbocycles. The SMILES string of the molecule is CC(C)NC(=O)C1C(=O)N(O)C(=O)c2ccccc21. The van der Waals surface area contributed by atoms with Gasteiger partial charge in [0.2, 0.25) is 5.91 Å². The van der Waals surface area contributed by atoms with Gasteiger partial charge in [-0.15, -0.1) is 0 Å². The molecule has 2 N–H and O–H groups in total. The lowest BCUT2D eigenvalue weighted by atomic mass is 9.88. The number of rotatable bonds is 2. The summed E-state index contributed by atoms with van der Waals surface area (Å²) in [7, 11) is 0. The molecule has 6 heteroatoms. The largest absolute Gasteiger partial charge is 0.353 e. The van der Waals surface area contributed by atoms with E-state index in [0.717, 1.165) is 0 Å². The van der Waals surface area contributed by atoms with Crippen LogP contribution in [-0.2, 0) is 9.59 Å². The summed E-state index contributed by atoms with van der Waals surface area (Å²) >= 11 is 0. The molecular weight excluding hydrogens is 248 g/mol. The van der Waals surface area contributed by atoms with Gasteiger partial charge in [-0.2, -0.15) is 5.06 Å². The third-order valence-electron chi connectivity index (χ3n) is 2.84. The Morgan fingerprint density at radius 2 is 1.95 bits per heavy atom. The van der Waals surface area contributed by atoms with Gasteiger partial charge >= 0.3 is 0 Å². The molecule has 1 heterocycles. The molecule has 1 unspecified atom stereocenters. The van der Waals surface area contributed by atoms with Crippen molar-refractivity contribution in [1.29, 1.82) is 0 Å². The van der Waals surface area contributed by atoms with E-state index in [-0.39, 0.29) is 16.7 Å². The summed E-state index contributed by atoms with van der Waals surface area (Å²) in [6.45, 7) is 3.53. The first-order chi connectivity index (χ1) is 8.93. The maximum absolute atomic E-state index is 12.1. The number of nitrogens with zero attached hydrogens (tertiary/aromatic N) is 1. The Morgan fingerprint density at radius 1 is 1.32 bits per heavy atom. The Kier molecular flexibility index (Phi) is 3.35. The first-order valence-electron chi connectivity index (χ1n) is 5.90. The number of hydrogen-bond donors (Lipinski definition) is 2. The zero-order chi connectivity index (χ0) is 14.2. The van der Waals surface area contributed by atoms with E-state index in [1.807, 2.05) is 0 Å². The van der Waals surface area contributed by atoms with E-state index >= 15 is 0 Å². The Bertz CT molecular complexity index is 553.